The quantitative estimate of drug-likeness (QED) is 0.819. The first-order chi connectivity index (χ1) is 9.36. The van der Waals surface area contributed by atoms with Crippen LogP contribution in [0.15, 0.2) is 24.3 Å². The van der Waals surface area contributed by atoms with Crippen LogP contribution in [-0.4, -0.2) is 26.8 Å². The standard InChI is InChI=1S/C18H31NO/c1-14(13-20-6)11-17(19-5)12-15-7-9-16(10-8-15)18(2,3)4/h7-10,14,17,19H,11-13H2,1-6H3. The van der Waals surface area contributed by atoms with E-state index in [9.17, 15) is 0 Å². The molecule has 0 heterocycles. The Morgan fingerprint density at radius 1 is 1.15 bits per heavy atom. The lowest BCUT2D eigenvalue weighted by Gasteiger charge is -2.22. The van der Waals surface area contributed by atoms with Gasteiger partial charge in [0.05, 0.1) is 0 Å². The topological polar surface area (TPSA) is 21.3 Å². The highest BCUT2D eigenvalue weighted by atomic mass is 16.5. The largest absolute Gasteiger partial charge is 0.384 e. The van der Waals surface area contributed by atoms with Crippen molar-refractivity contribution in [2.24, 2.45) is 5.92 Å². The molecule has 0 spiro atoms. The van der Waals surface area contributed by atoms with Gasteiger partial charge in [-0.1, -0.05) is 52.0 Å². The van der Waals surface area contributed by atoms with E-state index >= 15 is 0 Å². The van der Waals surface area contributed by atoms with E-state index in [2.05, 4.69) is 57.3 Å². The zero-order valence-electron chi connectivity index (χ0n) is 14.0. The summed E-state index contributed by atoms with van der Waals surface area (Å²) >= 11 is 0. The van der Waals surface area contributed by atoms with E-state index in [0.29, 0.717) is 12.0 Å². The molecule has 0 bridgehead atoms. The summed E-state index contributed by atoms with van der Waals surface area (Å²) in [5.41, 5.74) is 3.03. The lowest BCUT2D eigenvalue weighted by atomic mass is 9.86. The lowest BCUT2D eigenvalue weighted by Crippen LogP contribution is -2.30. The molecule has 2 nitrogen and oxygen atoms in total. The third kappa shape index (κ3) is 5.64. The third-order valence-corrected chi connectivity index (χ3v) is 3.85. The summed E-state index contributed by atoms with van der Waals surface area (Å²) in [4.78, 5) is 0. The van der Waals surface area contributed by atoms with Gasteiger partial charge in [-0.25, -0.2) is 0 Å². The zero-order chi connectivity index (χ0) is 15.2. The lowest BCUT2D eigenvalue weighted by molar-refractivity contribution is 0.150. The van der Waals surface area contributed by atoms with Crippen LogP contribution in [-0.2, 0) is 16.6 Å². The van der Waals surface area contributed by atoms with Crippen molar-refractivity contribution in [1.29, 1.82) is 0 Å². The van der Waals surface area contributed by atoms with E-state index < -0.39 is 0 Å². The molecule has 2 unspecified atom stereocenters. The average molecular weight is 277 g/mol. The molecular formula is C18H31NO. The summed E-state index contributed by atoms with van der Waals surface area (Å²) in [5.74, 6) is 0.589. The van der Waals surface area contributed by atoms with Crippen LogP contribution in [0, 0.1) is 5.92 Å². The number of methoxy groups -OCH3 is 1. The third-order valence-electron chi connectivity index (χ3n) is 3.85. The van der Waals surface area contributed by atoms with Gasteiger partial charge in [-0.05, 0) is 42.3 Å². The number of likely N-dealkylation sites (N-methyl/N-ethyl adjacent to an activating group) is 1. The molecule has 0 saturated carbocycles. The van der Waals surface area contributed by atoms with Crippen molar-refractivity contribution in [2.45, 2.75) is 52.0 Å². The minimum absolute atomic E-state index is 0.230. The summed E-state index contributed by atoms with van der Waals surface area (Å²) < 4.78 is 5.22. The Balaban J connectivity index is 2.61. The Morgan fingerprint density at radius 2 is 1.75 bits per heavy atom. The van der Waals surface area contributed by atoms with Gasteiger partial charge < -0.3 is 10.1 Å². The first-order valence-electron chi connectivity index (χ1n) is 7.62. The molecule has 1 N–H and O–H groups in total. The second-order valence-corrected chi connectivity index (χ2v) is 6.93. The summed E-state index contributed by atoms with van der Waals surface area (Å²) in [6.45, 7) is 9.85. The number of ether oxygens (including phenoxy) is 1. The predicted octanol–water partition coefficient (Wildman–Crippen LogP) is 3.79. The minimum Gasteiger partial charge on any atom is -0.384 e. The van der Waals surface area contributed by atoms with E-state index in [1.807, 2.05) is 7.05 Å². The van der Waals surface area contributed by atoms with Gasteiger partial charge >= 0.3 is 0 Å². The Morgan fingerprint density at radius 3 is 2.20 bits per heavy atom. The number of rotatable bonds is 7. The fourth-order valence-electron chi connectivity index (χ4n) is 2.57. The second-order valence-electron chi connectivity index (χ2n) is 6.93. The number of hydrogen-bond acceptors (Lipinski definition) is 2. The van der Waals surface area contributed by atoms with Crippen LogP contribution < -0.4 is 5.32 Å². The van der Waals surface area contributed by atoms with Crippen molar-refractivity contribution in [3.8, 4) is 0 Å². The minimum atomic E-state index is 0.230. The van der Waals surface area contributed by atoms with Gasteiger partial charge in [-0.2, -0.15) is 0 Å². The Bertz CT molecular complexity index is 377. The van der Waals surface area contributed by atoms with E-state index in [1.165, 1.54) is 11.1 Å². The van der Waals surface area contributed by atoms with Gasteiger partial charge in [0.2, 0.25) is 0 Å². The molecule has 0 aliphatic heterocycles. The maximum Gasteiger partial charge on any atom is 0.0488 e. The molecule has 114 valence electrons. The van der Waals surface area contributed by atoms with Crippen LogP contribution in [0.4, 0.5) is 0 Å². The van der Waals surface area contributed by atoms with Crippen LogP contribution in [0.3, 0.4) is 0 Å². The highest BCUT2D eigenvalue weighted by Gasteiger charge is 2.15. The van der Waals surface area contributed by atoms with E-state index in [0.717, 1.165) is 19.4 Å². The van der Waals surface area contributed by atoms with Gasteiger partial charge in [-0.3, -0.25) is 0 Å². The normalized spacial score (nSPS) is 15.1. The molecule has 0 amide bonds. The second kappa shape index (κ2) is 7.80. The van der Waals surface area contributed by atoms with Gasteiger partial charge in [0.15, 0.2) is 0 Å². The van der Waals surface area contributed by atoms with E-state index in [1.54, 1.807) is 7.11 Å². The molecule has 0 aliphatic rings. The monoisotopic (exact) mass is 277 g/mol. The smallest absolute Gasteiger partial charge is 0.0488 e. The number of hydrogen-bond donors (Lipinski definition) is 1. The van der Waals surface area contributed by atoms with E-state index in [-0.39, 0.29) is 5.41 Å². The maximum atomic E-state index is 5.22. The number of nitrogens with one attached hydrogen (secondary N) is 1. The van der Waals surface area contributed by atoms with Crippen LogP contribution >= 0.6 is 0 Å². The van der Waals surface area contributed by atoms with Crippen molar-refractivity contribution in [3.63, 3.8) is 0 Å². The fourth-order valence-corrected chi connectivity index (χ4v) is 2.57. The van der Waals surface area contributed by atoms with Gasteiger partial charge in [0.1, 0.15) is 0 Å². The summed E-state index contributed by atoms with van der Waals surface area (Å²) in [6, 6.07) is 9.58. The van der Waals surface area contributed by atoms with Crippen molar-refractivity contribution < 1.29 is 4.74 Å². The number of benzene rings is 1. The van der Waals surface area contributed by atoms with Gasteiger partial charge in [-0.15, -0.1) is 0 Å². The first-order valence-corrected chi connectivity index (χ1v) is 7.62. The molecule has 0 saturated heterocycles. The average Bonchev–Trinajstić information content (AvgIpc) is 2.37. The summed E-state index contributed by atoms with van der Waals surface area (Å²) in [7, 11) is 3.82. The Kier molecular flexibility index (Phi) is 6.70. The van der Waals surface area contributed by atoms with Crippen molar-refractivity contribution in [3.05, 3.63) is 35.4 Å². The van der Waals surface area contributed by atoms with Gasteiger partial charge in [0, 0.05) is 19.8 Å². The summed E-state index contributed by atoms with van der Waals surface area (Å²) in [5, 5.41) is 3.43. The maximum absolute atomic E-state index is 5.22. The summed E-state index contributed by atoms with van der Waals surface area (Å²) in [6.07, 6.45) is 2.22. The molecule has 2 atom stereocenters. The van der Waals surface area contributed by atoms with Crippen LogP contribution in [0.5, 0.6) is 0 Å². The molecule has 1 aromatic rings. The molecule has 0 aliphatic carbocycles. The molecule has 0 radical (unpaired) electrons. The van der Waals surface area contributed by atoms with Crippen molar-refractivity contribution in [2.75, 3.05) is 20.8 Å². The molecule has 0 aromatic heterocycles. The highest BCUT2D eigenvalue weighted by Crippen LogP contribution is 2.22. The van der Waals surface area contributed by atoms with Crippen LogP contribution in [0.2, 0.25) is 0 Å². The molecule has 1 aromatic carbocycles. The Labute approximate surface area is 124 Å². The molecule has 1 rings (SSSR count). The highest BCUT2D eigenvalue weighted by molar-refractivity contribution is 5.28. The Hall–Kier alpha value is -0.860. The van der Waals surface area contributed by atoms with Gasteiger partial charge in [0.25, 0.3) is 0 Å². The van der Waals surface area contributed by atoms with Crippen molar-refractivity contribution >= 4 is 0 Å². The van der Waals surface area contributed by atoms with E-state index in [4.69, 9.17) is 4.74 Å². The SMILES string of the molecule is CNC(Cc1ccc(C(C)(C)C)cc1)CC(C)COC. The van der Waals surface area contributed by atoms with Crippen LogP contribution in [0.1, 0.15) is 45.2 Å². The molecule has 20 heavy (non-hydrogen) atoms. The van der Waals surface area contributed by atoms with Crippen molar-refractivity contribution in [1.82, 2.24) is 5.32 Å². The molecule has 0 fully saturated rings. The first kappa shape index (κ1) is 17.2. The fraction of sp³-hybridized carbons (Fsp3) is 0.667. The molecular weight excluding hydrogens is 246 g/mol. The molecule has 2 heteroatoms. The van der Waals surface area contributed by atoms with Crippen LogP contribution in [0.25, 0.3) is 0 Å². The predicted molar refractivity (Wildman–Crippen MR) is 87.4 cm³/mol. The zero-order valence-corrected chi connectivity index (χ0v) is 14.0.